The Hall–Kier alpha value is -2.97. The summed E-state index contributed by atoms with van der Waals surface area (Å²) in [5.74, 6) is 0. The molecule has 0 fully saturated rings. The number of aromatic nitrogens is 4. The SMILES string of the molecule is Cn1cc(-c2cc3c(Cl)c(C=O)cnc3n2S(=O)(=O)c2ccccc2)cn1. The van der Waals surface area contributed by atoms with E-state index in [9.17, 15) is 13.2 Å². The summed E-state index contributed by atoms with van der Waals surface area (Å²) < 4.78 is 29.4. The Bertz CT molecular complexity index is 1280. The third-order valence-electron chi connectivity index (χ3n) is 4.16. The van der Waals surface area contributed by atoms with Crippen LogP contribution in [-0.2, 0) is 17.1 Å². The lowest BCUT2D eigenvalue weighted by Crippen LogP contribution is -2.14. The summed E-state index contributed by atoms with van der Waals surface area (Å²) in [5.41, 5.74) is 1.28. The molecule has 0 aliphatic heterocycles. The smallest absolute Gasteiger partial charge is 0.269 e. The predicted octanol–water partition coefficient (Wildman–Crippen LogP) is 3.14. The molecule has 0 aliphatic rings. The number of carbonyl (C=O) groups is 1. The first-order valence-corrected chi connectivity index (χ1v) is 9.70. The zero-order valence-corrected chi connectivity index (χ0v) is 15.6. The Labute approximate surface area is 159 Å². The fraction of sp³-hybridized carbons (Fsp3) is 0.0556. The average Bonchev–Trinajstić information content (AvgIpc) is 3.27. The van der Waals surface area contributed by atoms with Gasteiger partial charge in [0.25, 0.3) is 10.0 Å². The molecule has 27 heavy (non-hydrogen) atoms. The number of hydrogen-bond donors (Lipinski definition) is 0. The summed E-state index contributed by atoms with van der Waals surface area (Å²) >= 11 is 6.32. The Morgan fingerprint density at radius 3 is 2.52 bits per heavy atom. The van der Waals surface area contributed by atoms with E-state index in [2.05, 4.69) is 10.1 Å². The monoisotopic (exact) mass is 400 g/mol. The number of halogens is 1. The number of fused-ring (bicyclic) bond motifs is 1. The summed E-state index contributed by atoms with van der Waals surface area (Å²) in [5, 5.41) is 4.64. The number of nitrogens with zero attached hydrogens (tertiary/aromatic N) is 4. The second kappa shape index (κ2) is 6.33. The fourth-order valence-corrected chi connectivity index (χ4v) is 4.62. The summed E-state index contributed by atoms with van der Waals surface area (Å²) in [7, 11) is -2.22. The van der Waals surface area contributed by atoms with Gasteiger partial charge in [-0.15, -0.1) is 0 Å². The number of pyridine rings is 1. The van der Waals surface area contributed by atoms with Crippen LogP contribution in [0.4, 0.5) is 0 Å². The summed E-state index contributed by atoms with van der Waals surface area (Å²) in [4.78, 5) is 15.5. The highest BCUT2D eigenvalue weighted by Crippen LogP contribution is 2.35. The van der Waals surface area contributed by atoms with Gasteiger partial charge in [-0.05, 0) is 18.2 Å². The Morgan fingerprint density at radius 1 is 1.15 bits per heavy atom. The van der Waals surface area contributed by atoms with Gasteiger partial charge in [-0.1, -0.05) is 29.8 Å². The van der Waals surface area contributed by atoms with Gasteiger partial charge in [0.05, 0.1) is 27.4 Å². The maximum absolute atomic E-state index is 13.4. The lowest BCUT2D eigenvalue weighted by atomic mass is 10.2. The third-order valence-corrected chi connectivity index (χ3v) is 6.30. The molecule has 4 aromatic rings. The van der Waals surface area contributed by atoms with Crippen LogP contribution in [0.15, 0.2) is 59.9 Å². The maximum Gasteiger partial charge on any atom is 0.269 e. The first-order valence-electron chi connectivity index (χ1n) is 7.88. The second-order valence-electron chi connectivity index (χ2n) is 5.90. The highest BCUT2D eigenvalue weighted by atomic mass is 35.5. The predicted molar refractivity (Wildman–Crippen MR) is 101 cm³/mol. The molecule has 0 aliphatic carbocycles. The number of rotatable bonds is 4. The highest BCUT2D eigenvalue weighted by Gasteiger charge is 2.26. The van der Waals surface area contributed by atoms with Gasteiger partial charge in [0.2, 0.25) is 0 Å². The van der Waals surface area contributed by atoms with E-state index in [1.54, 1.807) is 48.4 Å². The molecule has 4 rings (SSSR count). The molecule has 0 N–H and O–H groups in total. The van der Waals surface area contributed by atoms with Gasteiger partial charge < -0.3 is 0 Å². The van der Waals surface area contributed by atoms with Crippen molar-refractivity contribution in [1.29, 1.82) is 0 Å². The van der Waals surface area contributed by atoms with Crippen molar-refractivity contribution in [3.8, 4) is 11.3 Å². The van der Waals surface area contributed by atoms with E-state index in [-0.39, 0.29) is 21.1 Å². The van der Waals surface area contributed by atoms with Gasteiger partial charge in [-0.3, -0.25) is 9.48 Å². The normalized spacial score (nSPS) is 11.8. The van der Waals surface area contributed by atoms with Crippen LogP contribution in [0.1, 0.15) is 10.4 Å². The average molecular weight is 401 g/mol. The molecule has 9 heteroatoms. The van der Waals surface area contributed by atoms with Crippen molar-refractivity contribution in [2.24, 2.45) is 7.05 Å². The highest BCUT2D eigenvalue weighted by molar-refractivity contribution is 7.90. The Kier molecular flexibility index (Phi) is 4.09. The molecule has 0 saturated carbocycles. The molecule has 3 heterocycles. The fourth-order valence-electron chi connectivity index (χ4n) is 2.89. The van der Waals surface area contributed by atoms with E-state index in [0.29, 0.717) is 22.9 Å². The standard InChI is InChI=1S/C18H13ClN4O3S/c1-22-10-12(9-21-22)16-7-15-17(19)13(11-24)8-20-18(15)23(16)27(25,26)14-5-3-2-4-6-14/h2-11H,1H3. The van der Waals surface area contributed by atoms with Gasteiger partial charge in [0.1, 0.15) is 0 Å². The lowest BCUT2D eigenvalue weighted by Gasteiger charge is -2.10. The molecule has 0 spiro atoms. The van der Waals surface area contributed by atoms with Crippen molar-refractivity contribution in [2.75, 3.05) is 0 Å². The number of benzene rings is 1. The van der Waals surface area contributed by atoms with Gasteiger partial charge in [-0.25, -0.2) is 17.4 Å². The molecule has 0 atom stereocenters. The van der Waals surface area contributed by atoms with Crippen molar-refractivity contribution < 1.29 is 13.2 Å². The van der Waals surface area contributed by atoms with E-state index in [1.807, 2.05) is 0 Å². The van der Waals surface area contributed by atoms with E-state index in [0.717, 1.165) is 3.97 Å². The van der Waals surface area contributed by atoms with Crippen LogP contribution in [-0.4, -0.2) is 33.4 Å². The molecule has 0 amide bonds. The number of hydrogen-bond acceptors (Lipinski definition) is 5. The van der Waals surface area contributed by atoms with Crippen molar-refractivity contribution in [3.05, 3.63) is 65.6 Å². The molecular weight excluding hydrogens is 388 g/mol. The lowest BCUT2D eigenvalue weighted by molar-refractivity contribution is 0.112. The maximum atomic E-state index is 13.4. The van der Waals surface area contributed by atoms with Crippen molar-refractivity contribution in [1.82, 2.24) is 18.7 Å². The molecule has 0 saturated heterocycles. The van der Waals surface area contributed by atoms with E-state index >= 15 is 0 Å². The van der Waals surface area contributed by atoms with Crippen LogP contribution in [0.5, 0.6) is 0 Å². The Morgan fingerprint density at radius 2 is 1.89 bits per heavy atom. The zero-order chi connectivity index (χ0) is 19.2. The molecular formula is C18H13ClN4O3S. The summed E-state index contributed by atoms with van der Waals surface area (Å²) in [6, 6.07) is 9.65. The van der Waals surface area contributed by atoms with Gasteiger partial charge >= 0.3 is 0 Å². The first-order chi connectivity index (χ1) is 12.9. The molecule has 0 bridgehead atoms. The van der Waals surface area contributed by atoms with Crippen LogP contribution < -0.4 is 0 Å². The van der Waals surface area contributed by atoms with Crippen molar-refractivity contribution in [3.63, 3.8) is 0 Å². The number of aldehydes is 1. The minimum absolute atomic E-state index is 0.116. The number of carbonyl (C=O) groups excluding carboxylic acids is 1. The van der Waals surface area contributed by atoms with Crippen LogP contribution in [0.2, 0.25) is 5.02 Å². The molecule has 1 aromatic carbocycles. The summed E-state index contributed by atoms with van der Waals surface area (Å²) in [6.07, 6.45) is 5.10. The van der Waals surface area contributed by atoms with Gasteiger partial charge in [-0.2, -0.15) is 5.10 Å². The zero-order valence-electron chi connectivity index (χ0n) is 14.1. The molecule has 136 valence electrons. The van der Waals surface area contributed by atoms with Crippen LogP contribution in [0, 0.1) is 0 Å². The quantitative estimate of drug-likeness (QED) is 0.491. The molecule has 0 radical (unpaired) electrons. The Balaban J connectivity index is 2.12. The van der Waals surface area contributed by atoms with Crippen molar-refractivity contribution in [2.45, 2.75) is 4.90 Å². The minimum Gasteiger partial charge on any atom is -0.298 e. The molecule has 0 unspecified atom stereocenters. The number of aryl methyl sites for hydroxylation is 1. The largest absolute Gasteiger partial charge is 0.298 e. The van der Waals surface area contributed by atoms with E-state index in [1.165, 1.54) is 18.3 Å². The molecule has 3 aromatic heterocycles. The molecule has 7 nitrogen and oxygen atoms in total. The van der Waals surface area contributed by atoms with Crippen LogP contribution >= 0.6 is 11.6 Å². The third kappa shape index (κ3) is 2.73. The van der Waals surface area contributed by atoms with Gasteiger partial charge in [0, 0.05) is 30.4 Å². The minimum atomic E-state index is -3.96. The van der Waals surface area contributed by atoms with E-state index in [4.69, 9.17) is 11.6 Å². The van der Waals surface area contributed by atoms with E-state index < -0.39 is 10.0 Å². The summed E-state index contributed by atoms with van der Waals surface area (Å²) in [6.45, 7) is 0. The van der Waals surface area contributed by atoms with Crippen molar-refractivity contribution >= 4 is 38.9 Å². The topological polar surface area (TPSA) is 86.9 Å². The second-order valence-corrected chi connectivity index (χ2v) is 8.06. The van der Waals surface area contributed by atoms with Gasteiger partial charge in [0.15, 0.2) is 11.9 Å². The van der Waals surface area contributed by atoms with Crippen LogP contribution in [0.3, 0.4) is 0 Å². The first kappa shape index (κ1) is 17.4. The van der Waals surface area contributed by atoms with Crippen LogP contribution in [0.25, 0.3) is 22.3 Å².